The molecule has 4 nitrogen and oxygen atoms in total. The van der Waals surface area contributed by atoms with Crippen LogP contribution < -0.4 is 10.6 Å². The minimum Gasteiger partial charge on any atom is -0.372 e. The second-order valence-corrected chi connectivity index (χ2v) is 6.09. The Hall–Kier alpha value is -1.10. The monoisotopic (exact) mass is 325 g/mol. The molecule has 1 aromatic rings. The standard InChI is InChI=1S/C14H20BrN3O/c1-9-4-3-5-10(9)7-18-14(19)12-6-11(15)8-17-13(12)16-2/h6,8-10H,3-5,7H2,1-2H3,(H,16,17)(H,18,19). The van der Waals surface area contributed by atoms with E-state index in [0.717, 1.165) is 11.0 Å². The lowest BCUT2D eigenvalue weighted by Gasteiger charge is -2.16. The summed E-state index contributed by atoms with van der Waals surface area (Å²) in [5.41, 5.74) is 0.586. The molecule has 1 aromatic heterocycles. The average Bonchev–Trinajstić information content (AvgIpc) is 2.81. The van der Waals surface area contributed by atoms with Gasteiger partial charge < -0.3 is 10.6 Å². The molecule has 1 saturated carbocycles. The van der Waals surface area contributed by atoms with Crippen LogP contribution in [0.5, 0.6) is 0 Å². The molecule has 2 N–H and O–H groups in total. The maximum atomic E-state index is 12.2. The summed E-state index contributed by atoms with van der Waals surface area (Å²) < 4.78 is 0.811. The van der Waals surface area contributed by atoms with Gasteiger partial charge in [-0.1, -0.05) is 19.8 Å². The Kier molecular flexibility index (Phi) is 4.80. The minimum absolute atomic E-state index is 0.0581. The van der Waals surface area contributed by atoms with Crippen LogP contribution >= 0.6 is 15.9 Å². The first-order chi connectivity index (χ1) is 9.11. The van der Waals surface area contributed by atoms with E-state index in [1.54, 1.807) is 19.3 Å². The van der Waals surface area contributed by atoms with Crippen molar-refractivity contribution in [2.45, 2.75) is 26.2 Å². The molecule has 2 unspecified atom stereocenters. The van der Waals surface area contributed by atoms with Gasteiger partial charge in [-0.15, -0.1) is 0 Å². The third-order valence-electron chi connectivity index (χ3n) is 3.90. The topological polar surface area (TPSA) is 54.0 Å². The molecule has 104 valence electrons. The Balaban J connectivity index is 2.01. The summed E-state index contributed by atoms with van der Waals surface area (Å²) >= 11 is 3.35. The number of pyridine rings is 1. The summed E-state index contributed by atoms with van der Waals surface area (Å²) in [5, 5.41) is 5.98. The van der Waals surface area contributed by atoms with E-state index in [1.165, 1.54) is 19.3 Å². The van der Waals surface area contributed by atoms with Crippen LogP contribution in [0.25, 0.3) is 0 Å². The van der Waals surface area contributed by atoms with Crippen molar-refractivity contribution in [3.63, 3.8) is 0 Å². The number of halogens is 1. The molecule has 2 atom stereocenters. The fourth-order valence-corrected chi connectivity index (χ4v) is 2.99. The molecule has 2 rings (SSSR count). The highest BCUT2D eigenvalue weighted by molar-refractivity contribution is 9.10. The molecule has 1 aliphatic rings. The molecule has 1 heterocycles. The van der Waals surface area contributed by atoms with Crippen LogP contribution in [0.3, 0.4) is 0 Å². The zero-order valence-corrected chi connectivity index (χ0v) is 13.0. The van der Waals surface area contributed by atoms with Crippen LogP contribution in [0.2, 0.25) is 0 Å². The van der Waals surface area contributed by atoms with Crippen molar-refractivity contribution in [1.29, 1.82) is 0 Å². The molecule has 0 saturated heterocycles. The third kappa shape index (κ3) is 3.47. The lowest BCUT2D eigenvalue weighted by atomic mass is 9.98. The van der Waals surface area contributed by atoms with Gasteiger partial charge in [-0.05, 0) is 40.3 Å². The SMILES string of the molecule is CNc1ncc(Br)cc1C(=O)NCC1CCCC1C. The molecule has 0 aliphatic heterocycles. The van der Waals surface area contributed by atoms with E-state index >= 15 is 0 Å². The van der Waals surface area contributed by atoms with Gasteiger partial charge in [-0.2, -0.15) is 0 Å². The maximum Gasteiger partial charge on any atom is 0.255 e. The lowest BCUT2D eigenvalue weighted by molar-refractivity contribution is 0.0945. The third-order valence-corrected chi connectivity index (χ3v) is 4.33. The first-order valence-electron chi connectivity index (χ1n) is 6.73. The highest BCUT2D eigenvalue weighted by atomic mass is 79.9. The van der Waals surface area contributed by atoms with Gasteiger partial charge in [0.2, 0.25) is 0 Å². The van der Waals surface area contributed by atoms with Crippen LogP contribution in [0, 0.1) is 11.8 Å². The largest absolute Gasteiger partial charge is 0.372 e. The van der Waals surface area contributed by atoms with Crippen molar-refractivity contribution < 1.29 is 4.79 Å². The zero-order chi connectivity index (χ0) is 13.8. The summed E-state index contributed by atoms with van der Waals surface area (Å²) in [4.78, 5) is 16.4. The number of carbonyl (C=O) groups excluding carboxylic acids is 1. The average molecular weight is 326 g/mol. The predicted octanol–water partition coefficient (Wildman–Crippen LogP) is 3.05. The highest BCUT2D eigenvalue weighted by Gasteiger charge is 2.24. The lowest BCUT2D eigenvalue weighted by Crippen LogP contribution is -2.30. The van der Waals surface area contributed by atoms with Crippen molar-refractivity contribution >= 4 is 27.7 Å². The van der Waals surface area contributed by atoms with Crippen molar-refractivity contribution in [1.82, 2.24) is 10.3 Å². The van der Waals surface area contributed by atoms with Gasteiger partial charge >= 0.3 is 0 Å². The second-order valence-electron chi connectivity index (χ2n) is 5.18. The van der Waals surface area contributed by atoms with Crippen molar-refractivity contribution in [2.24, 2.45) is 11.8 Å². The molecule has 0 radical (unpaired) electrons. The van der Waals surface area contributed by atoms with Gasteiger partial charge in [0.1, 0.15) is 5.82 Å². The molecule has 1 amide bonds. The number of aromatic nitrogens is 1. The molecular weight excluding hydrogens is 306 g/mol. The molecule has 5 heteroatoms. The van der Waals surface area contributed by atoms with E-state index in [0.29, 0.717) is 23.2 Å². The zero-order valence-electron chi connectivity index (χ0n) is 11.4. The normalized spacial score (nSPS) is 22.3. The highest BCUT2D eigenvalue weighted by Crippen LogP contribution is 2.30. The van der Waals surface area contributed by atoms with Crippen LogP contribution in [0.15, 0.2) is 16.7 Å². The molecule has 19 heavy (non-hydrogen) atoms. The Morgan fingerprint density at radius 1 is 1.53 bits per heavy atom. The molecular formula is C14H20BrN3O. The first-order valence-corrected chi connectivity index (χ1v) is 7.52. The van der Waals surface area contributed by atoms with E-state index in [9.17, 15) is 4.79 Å². The first kappa shape index (κ1) is 14.3. The predicted molar refractivity (Wildman–Crippen MR) is 80.3 cm³/mol. The van der Waals surface area contributed by atoms with E-state index in [1.807, 2.05) is 0 Å². The van der Waals surface area contributed by atoms with Gasteiger partial charge in [0.05, 0.1) is 5.56 Å². The van der Waals surface area contributed by atoms with Gasteiger partial charge in [0, 0.05) is 24.3 Å². The minimum atomic E-state index is -0.0581. The fraction of sp³-hybridized carbons (Fsp3) is 0.571. The number of hydrogen-bond donors (Lipinski definition) is 2. The number of nitrogens with zero attached hydrogens (tertiary/aromatic N) is 1. The molecule has 0 bridgehead atoms. The Labute approximate surface area is 122 Å². The van der Waals surface area contributed by atoms with Gasteiger partial charge in [-0.25, -0.2) is 4.98 Å². The van der Waals surface area contributed by atoms with Crippen LogP contribution in [0.4, 0.5) is 5.82 Å². The molecule has 1 fully saturated rings. The second kappa shape index (κ2) is 6.37. The fourth-order valence-electron chi connectivity index (χ4n) is 2.66. The van der Waals surface area contributed by atoms with Crippen LogP contribution in [0.1, 0.15) is 36.5 Å². The quantitative estimate of drug-likeness (QED) is 0.894. The number of nitrogens with one attached hydrogen (secondary N) is 2. The van der Waals surface area contributed by atoms with Crippen LogP contribution in [-0.2, 0) is 0 Å². The Morgan fingerprint density at radius 2 is 2.32 bits per heavy atom. The van der Waals surface area contributed by atoms with Gasteiger partial charge in [-0.3, -0.25) is 4.79 Å². The number of hydrogen-bond acceptors (Lipinski definition) is 3. The molecule has 1 aliphatic carbocycles. The Morgan fingerprint density at radius 3 is 2.95 bits per heavy atom. The molecule has 0 spiro atoms. The smallest absolute Gasteiger partial charge is 0.255 e. The van der Waals surface area contributed by atoms with E-state index in [2.05, 4.69) is 38.5 Å². The number of amides is 1. The van der Waals surface area contributed by atoms with E-state index < -0.39 is 0 Å². The summed E-state index contributed by atoms with van der Waals surface area (Å²) in [6, 6.07) is 1.80. The summed E-state index contributed by atoms with van der Waals surface area (Å²) in [5.74, 6) is 1.88. The van der Waals surface area contributed by atoms with Crippen molar-refractivity contribution in [3.8, 4) is 0 Å². The summed E-state index contributed by atoms with van der Waals surface area (Å²) in [6.45, 7) is 3.03. The van der Waals surface area contributed by atoms with Gasteiger partial charge in [0.15, 0.2) is 0 Å². The number of anilines is 1. The number of carbonyl (C=O) groups is 1. The Bertz CT molecular complexity index is 464. The summed E-state index contributed by atoms with van der Waals surface area (Å²) in [6.07, 6.45) is 5.46. The summed E-state index contributed by atoms with van der Waals surface area (Å²) in [7, 11) is 1.77. The van der Waals surface area contributed by atoms with E-state index in [4.69, 9.17) is 0 Å². The maximum absolute atomic E-state index is 12.2. The van der Waals surface area contributed by atoms with E-state index in [-0.39, 0.29) is 5.91 Å². The van der Waals surface area contributed by atoms with Crippen LogP contribution in [-0.4, -0.2) is 24.5 Å². The number of rotatable bonds is 4. The van der Waals surface area contributed by atoms with Crippen molar-refractivity contribution in [3.05, 3.63) is 22.3 Å². The van der Waals surface area contributed by atoms with Gasteiger partial charge in [0.25, 0.3) is 5.91 Å². The van der Waals surface area contributed by atoms with Crippen molar-refractivity contribution in [2.75, 3.05) is 18.9 Å². The molecule has 0 aromatic carbocycles.